The van der Waals surface area contributed by atoms with Gasteiger partial charge in [-0.2, -0.15) is 0 Å². The summed E-state index contributed by atoms with van der Waals surface area (Å²) >= 11 is 5.77. The van der Waals surface area contributed by atoms with Crippen molar-refractivity contribution in [1.82, 2.24) is 0 Å². The van der Waals surface area contributed by atoms with Crippen LogP contribution in [0.2, 0.25) is 5.02 Å². The zero-order valence-corrected chi connectivity index (χ0v) is 12.1. The van der Waals surface area contributed by atoms with E-state index in [0.717, 1.165) is 11.1 Å². The van der Waals surface area contributed by atoms with Crippen LogP contribution in [0.3, 0.4) is 0 Å². The van der Waals surface area contributed by atoms with E-state index < -0.39 is 5.97 Å². The third-order valence-electron chi connectivity index (χ3n) is 2.74. The number of carbonyl (C=O) groups is 1. The minimum Gasteiger partial charge on any atom is -0.482 e. The molecule has 20 heavy (non-hydrogen) atoms. The van der Waals surface area contributed by atoms with E-state index in [0.29, 0.717) is 16.5 Å². The zero-order valence-electron chi connectivity index (χ0n) is 11.4. The van der Waals surface area contributed by atoms with Crippen molar-refractivity contribution < 1.29 is 14.3 Å². The Morgan fingerprint density at radius 2 is 1.80 bits per heavy atom. The van der Waals surface area contributed by atoms with Crippen LogP contribution >= 0.6 is 11.6 Å². The van der Waals surface area contributed by atoms with Crippen LogP contribution in [0.1, 0.15) is 11.1 Å². The molecular weight excluding hydrogens is 276 g/mol. The molecule has 0 saturated heterocycles. The molecule has 0 spiro atoms. The van der Waals surface area contributed by atoms with Gasteiger partial charge in [-0.15, -0.1) is 0 Å². The molecule has 0 fully saturated rings. The third kappa shape index (κ3) is 4.00. The predicted molar refractivity (Wildman–Crippen MR) is 78.5 cm³/mol. The first-order valence-corrected chi connectivity index (χ1v) is 6.59. The molecule has 0 saturated carbocycles. The summed E-state index contributed by atoms with van der Waals surface area (Å²) < 4.78 is 10.6. The molecule has 0 heterocycles. The van der Waals surface area contributed by atoms with E-state index in [2.05, 4.69) is 0 Å². The second-order valence-electron chi connectivity index (χ2n) is 4.49. The highest BCUT2D eigenvalue weighted by atomic mass is 35.5. The van der Waals surface area contributed by atoms with E-state index in [-0.39, 0.29) is 6.61 Å². The van der Waals surface area contributed by atoms with Gasteiger partial charge < -0.3 is 9.47 Å². The Morgan fingerprint density at radius 3 is 2.50 bits per heavy atom. The van der Waals surface area contributed by atoms with Crippen molar-refractivity contribution in [3.8, 4) is 11.5 Å². The van der Waals surface area contributed by atoms with Crippen molar-refractivity contribution in [2.24, 2.45) is 0 Å². The number of benzene rings is 2. The maximum Gasteiger partial charge on any atom is 0.349 e. The number of carbonyl (C=O) groups excluding carboxylic acids is 1. The zero-order chi connectivity index (χ0) is 14.5. The number of rotatable bonds is 4. The molecular formula is C16H15ClO3. The summed E-state index contributed by atoms with van der Waals surface area (Å²) in [5, 5.41) is 0.621. The van der Waals surface area contributed by atoms with Gasteiger partial charge in [0.1, 0.15) is 11.5 Å². The Kier molecular flexibility index (Phi) is 4.64. The highest BCUT2D eigenvalue weighted by Crippen LogP contribution is 2.20. The van der Waals surface area contributed by atoms with Gasteiger partial charge in [0, 0.05) is 5.02 Å². The first-order valence-electron chi connectivity index (χ1n) is 6.21. The number of hydrogen-bond acceptors (Lipinski definition) is 3. The maximum absolute atomic E-state index is 11.7. The minimum atomic E-state index is -0.436. The van der Waals surface area contributed by atoms with Gasteiger partial charge in [-0.3, -0.25) is 0 Å². The van der Waals surface area contributed by atoms with Gasteiger partial charge in [-0.25, -0.2) is 4.79 Å². The number of esters is 1. The lowest BCUT2D eigenvalue weighted by Crippen LogP contribution is -2.18. The Bertz CT molecular complexity index is 606. The molecule has 2 aromatic carbocycles. The molecule has 2 rings (SSSR count). The van der Waals surface area contributed by atoms with Crippen LogP contribution in [0.4, 0.5) is 0 Å². The summed E-state index contributed by atoms with van der Waals surface area (Å²) in [7, 11) is 0. The monoisotopic (exact) mass is 290 g/mol. The van der Waals surface area contributed by atoms with Crippen molar-refractivity contribution in [2.45, 2.75) is 13.8 Å². The molecule has 0 aliphatic heterocycles. The molecule has 0 aliphatic rings. The fraction of sp³-hybridized carbons (Fsp3) is 0.188. The van der Waals surface area contributed by atoms with Crippen LogP contribution in [0.15, 0.2) is 42.5 Å². The highest BCUT2D eigenvalue weighted by molar-refractivity contribution is 6.30. The fourth-order valence-electron chi connectivity index (χ4n) is 1.64. The average Bonchev–Trinajstić information content (AvgIpc) is 2.42. The van der Waals surface area contributed by atoms with Crippen molar-refractivity contribution in [3.63, 3.8) is 0 Å². The van der Waals surface area contributed by atoms with Gasteiger partial charge in [0.05, 0.1) is 0 Å². The number of hydrogen-bond donors (Lipinski definition) is 0. The van der Waals surface area contributed by atoms with Crippen molar-refractivity contribution in [1.29, 1.82) is 0 Å². The number of ether oxygens (including phenoxy) is 2. The van der Waals surface area contributed by atoms with Crippen molar-refractivity contribution in [2.75, 3.05) is 6.61 Å². The summed E-state index contributed by atoms with van der Waals surface area (Å²) in [4.78, 5) is 11.7. The molecule has 0 atom stereocenters. The minimum absolute atomic E-state index is 0.144. The highest BCUT2D eigenvalue weighted by Gasteiger charge is 2.08. The Hall–Kier alpha value is -2.00. The number of halogens is 1. The summed E-state index contributed by atoms with van der Waals surface area (Å²) in [6.07, 6.45) is 0. The molecule has 0 unspecified atom stereocenters. The average molecular weight is 291 g/mol. The van der Waals surface area contributed by atoms with Gasteiger partial charge in [-0.05, 0) is 55.3 Å². The molecule has 3 nitrogen and oxygen atoms in total. The lowest BCUT2D eigenvalue weighted by molar-refractivity contribution is -0.136. The first-order chi connectivity index (χ1) is 9.54. The van der Waals surface area contributed by atoms with E-state index in [1.165, 1.54) is 0 Å². The Morgan fingerprint density at radius 1 is 1.10 bits per heavy atom. The van der Waals surface area contributed by atoms with Gasteiger partial charge >= 0.3 is 5.97 Å². The standard InChI is InChI=1S/C16H15ClO3/c1-11-3-4-12(2)15(9-11)20-16(18)10-19-14-7-5-13(17)6-8-14/h3-9H,10H2,1-2H3. The third-order valence-corrected chi connectivity index (χ3v) is 2.99. The summed E-state index contributed by atoms with van der Waals surface area (Å²) in [5.41, 5.74) is 1.95. The normalized spacial score (nSPS) is 10.2. The fourth-order valence-corrected chi connectivity index (χ4v) is 1.77. The van der Waals surface area contributed by atoms with Crippen LogP contribution in [0, 0.1) is 13.8 Å². The Balaban J connectivity index is 1.92. The van der Waals surface area contributed by atoms with Crippen LogP contribution < -0.4 is 9.47 Å². The van der Waals surface area contributed by atoms with Crippen molar-refractivity contribution in [3.05, 3.63) is 58.6 Å². The SMILES string of the molecule is Cc1ccc(C)c(OC(=O)COc2ccc(Cl)cc2)c1. The smallest absolute Gasteiger partial charge is 0.349 e. The van der Waals surface area contributed by atoms with E-state index in [4.69, 9.17) is 21.1 Å². The van der Waals surface area contributed by atoms with Crippen LogP contribution in [-0.4, -0.2) is 12.6 Å². The first kappa shape index (κ1) is 14.4. The van der Waals surface area contributed by atoms with E-state index >= 15 is 0 Å². The largest absolute Gasteiger partial charge is 0.482 e. The molecule has 0 aromatic heterocycles. The summed E-state index contributed by atoms with van der Waals surface area (Å²) in [6, 6.07) is 12.5. The summed E-state index contributed by atoms with van der Waals surface area (Å²) in [6.45, 7) is 3.69. The van der Waals surface area contributed by atoms with Crippen LogP contribution in [0.25, 0.3) is 0 Å². The van der Waals surface area contributed by atoms with Gasteiger partial charge in [-0.1, -0.05) is 23.7 Å². The lowest BCUT2D eigenvalue weighted by atomic mass is 10.1. The Labute approximate surface area is 123 Å². The van der Waals surface area contributed by atoms with Crippen LogP contribution in [-0.2, 0) is 4.79 Å². The second-order valence-corrected chi connectivity index (χ2v) is 4.92. The molecule has 2 aromatic rings. The van der Waals surface area contributed by atoms with Crippen LogP contribution in [0.5, 0.6) is 11.5 Å². The molecule has 4 heteroatoms. The maximum atomic E-state index is 11.7. The topological polar surface area (TPSA) is 35.5 Å². The summed E-state index contributed by atoms with van der Waals surface area (Å²) in [5.74, 6) is 0.704. The van der Waals surface area contributed by atoms with Crippen molar-refractivity contribution >= 4 is 17.6 Å². The quantitative estimate of drug-likeness (QED) is 0.632. The predicted octanol–water partition coefficient (Wildman–Crippen LogP) is 3.94. The molecule has 0 amide bonds. The molecule has 0 bridgehead atoms. The molecule has 0 aliphatic carbocycles. The second kappa shape index (κ2) is 6.44. The number of aryl methyl sites for hydroxylation is 2. The van der Waals surface area contributed by atoms with E-state index in [9.17, 15) is 4.79 Å². The van der Waals surface area contributed by atoms with Gasteiger partial charge in [0.15, 0.2) is 6.61 Å². The van der Waals surface area contributed by atoms with Gasteiger partial charge in [0.2, 0.25) is 0 Å². The lowest BCUT2D eigenvalue weighted by Gasteiger charge is -2.09. The van der Waals surface area contributed by atoms with E-state index in [1.54, 1.807) is 24.3 Å². The van der Waals surface area contributed by atoms with E-state index in [1.807, 2.05) is 32.0 Å². The molecule has 0 N–H and O–H groups in total. The van der Waals surface area contributed by atoms with Gasteiger partial charge in [0.25, 0.3) is 0 Å². The molecule has 0 radical (unpaired) electrons. The molecule has 104 valence electrons.